The number of nitrogens with one attached hydrogen (secondary N) is 1. The van der Waals surface area contributed by atoms with Crippen molar-refractivity contribution in [2.45, 2.75) is 17.2 Å². The molecule has 0 fully saturated rings. The maximum atomic E-state index is 12.3. The molecule has 1 unspecified atom stereocenters. The van der Waals surface area contributed by atoms with E-state index in [-0.39, 0.29) is 9.90 Å². The Morgan fingerprint density at radius 3 is 2.76 bits per heavy atom. The molecule has 0 amide bonds. The van der Waals surface area contributed by atoms with Gasteiger partial charge in [-0.15, -0.1) is 22.7 Å². The summed E-state index contributed by atoms with van der Waals surface area (Å²) in [5, 5.41) is 0. The normalized spacial score (nSPS) is 13.1. The first-order chi connectivity index (χ1) is 9.85. The standard InChI is InChI=1S/C11H11ClN2O4S3/c1-6(7-3-4-8(12)20-7)14-21(16,17)11-9(10(15)18-2)13-5-19-11/h3-6,14H,1-2H3. The first kappa shape index (κ1) is 16.4. The molecular formula is C11H11ClN2O4S3. The summed E-state index contributed by atoms with van der Waals surface area (Å²) in [7, 11) is -2.70. The molecule has 1 atom stereocenters. The van der Waals surface area contributed by atoms with Crippen LogP contribution in [0.5, 0.6) is 0 Å². The average Bonchev–Trinajstić information content (AvgIpc) is 3.05. The molecule has 1 N–H and O–H groups in total. The van der Waals surface area contributed by atoms with Gasteiger partial charge in [0.15, 0.2) is 9.90 Å². The van der Waals surface area contributed by atoms with Crippen LogP contribution in [0.1, 0.15) is 28.3 Å². The number of thiazole rings is 1. The van der Waals surface area contributed by atoms with Crippen LogP contribution in [0, 0.1) is 0 Å². The Morgan fingerprint density at radius 1 is 1.48 bits per heavy atom. The van der Waals surface area contributed by atoms with Crippen LogP contribution < -0.4 is 4.72 Å². The highest BCUT2D eigenvalue weighted by Gasteiger charge is 2.28. The Balaban J connectivity index is 2.27. The molecule has 0 radical (unpaired) electrons. The van der Waals surface area contributed by atoms with Crippen LogP contribution in [0.2, 0.25) is 4.34 Å². The topological polar surface area (TPSA) is 85.4 Å². The highest BCUT2D eigenvalue weighted by Crippen LogP contribution is 2.29. The molecule has 6 nitrogen and oxygen atoms in total. The fraction of sp³-hybridized carbons (Fsp3) is 0.273. The maximum absolute atomic E-state index is 12.3. The molecule has 0 saturated carbocycles. The lowest BCUT2D eigenvalue weighted by atomic mass is 10.3. The Hall–Kier alpha value is -1.000. The molecule has 0 aliphatic heterocycles. The lowest BCUT2D eigenvalue weighted by Gasteiger charge is -2.12. The fourth-order valence-electron chi connectivity index (χ4n) is 1.56. The van der Waals surface area contributed by atoms with Gasteiger partial charge in [-0.1, -0.05) is 11.6 Å². The Morgan fingerprint density at radius 2 is 2.19 bits per heavy atom. The number of rotatable bonds is 5. The summed E-state index contributed by atoms with van der Waals surface area (Å²) in [6.45, 7) is 1.69. The van der Waals surface area contributed by atoms with Crippen LogP contribution in [-0.4, -0.2) is 26.5 Å². The van der Waals surface area contributed by atoms with E-state index in [0.29, 0.717) is 4.34 Å². The van der Waals surface area contributed by atoms with Crippen molar-refractivity contribution >= 4 is 50.3 Å². The number of halogens is 1. The highest BCUT2D eigenvalue weighted by atomic mass is 35.5. The molecule has 2 heterocycles. The molecule has 2 aromatic heterocycles. The largest absolute Gasteiger partial charge is 0.464 e. The summed E-state index contributed by atoms with van der Waals surface area (Å²) in [5.41, 5.74) is 1.07. The van der Waals surface area contributed by atoms with E-state index in [1.54, 1.807) is 19.1 Å². The van der Waals surface area contributed by atoms with E-state index in [2.05, 4.69) is 14.4 Å². The molecule has 0 aliphatic carbocycles. The number of esters is 1. The van der Waals surface area contributed by atoms with Gasteiger partial charge in [-0.2, -0.15) is 0 Å². The van der Waals surface area contributed by atoms with Crippen LogP contribution in [0.4, 0.5) is 0 Å². The van der Waals surface area contributed by atoms with E-state index >= 15 is 0 Å². The van der Waals surface area contributed by atoms with Crippen LogP contribution in [0.15, 0.2) is 21.9 Å². The van der Waals surface area contributed by atoms with E-state index in [9.17, 15) is 13.2 Å². The molecule has 0 saturated heterocycles. The van der Waals surface area contributed by atoms with Crippen molar-refractivity contribution in [1.82, 2.24) is 9.71 Å². The van der Waals surface area contributed by atoms with Crippen molar-refractivity contribution in [3.63, 3.8) is 0 Å². The molecule has 0 aromatic carbocycles. The van der Waals surface area contributed by atoms with E-state index in [4.69, 9.17) is 11.6 Å². The van der Waals surface area contributed by atoms with Gasteiger partial charge >= 0.3 is 5.97 Å². The van der Waals surface area contributed by atoms with Crippen molar-refractivity contribution in [2.75, 3.05) is 7.11 Å². The lowest BCUT2D eigenvalue weighted by molar-refractivity contribution is 0.0590. The van der Waals surface area contributed by atoms with Crippen molar-refractivity contribution in [2.24, 2.45) is 0 Å². The summed E-state index contributed by atoms with van der Waals surface area (Å²) in [5.74, 6) is -0.788. The number of nitrogens with zero attached hydrogens (tertiary/aromatic N) is 1. The van der Waals surface area contributed by atoms with Crippen molar-refractivity contribution in [3.05, 3.63) is 32.6 Å². The van der Waals surface area contributed by atoms with Crippen molar-refractivity contribution in [1.29, 1.82) is 0 Å². The van der Waals surface area contributed by atoms with Gasteiger partial charge in [0.2, 0.25) is 0 Å². The number of carbonyl (C=O) groups is 1. The number of thiophene rings is 1. The number of ether oxygens (including phenoxy) is 1. The number of sulfonamides is 1. The lowest BCUT2D eigenvalue weighted by Crippen LogP contribution is -2.27. The zero-order chi connectivity index (χ0) is 15.6. The van der Waals surface area contributed by atoms with Crippen LogP contribution in [0.25, 0.3) is 0 Å². The second-order valence-electron chi connectivity index (χ2n) is 3.96. The molecule has 0 bridgehead atoms. The molecule has 21 heavy (non-hydrogen) atoms. The summed E-state index contributed by atoms with van der Waals surface area (Å²) >= 11 is 7.97. The van der Waals surface area contributed by atoms with Gasteiger partial charge in [-0.25, -0.2) is 22.9 Å². The molecule has 114 valence electrons. The van der Waals surface area contributed by atoms with Gasteiger partial charge in [0.25, 0.3) is 10.0 Å². The van der Waals surface area contributed by atoms with Gasteiger partial charge < -0.3 is 4.74 Å². The van der Waals surface area contributed by atoms with E-state index in [1.807, 2.05) is 0 Å². The first-order valence-electron chi connectivity index (χ1n) is 5.64. The number of carbonyl (C=O) groups excluding carboxylic acids is 1. The minimum atomic E-state index is -3.87. The predicted octanol–water partition coefficient (Wildman–Crippen LogP) is 2.68. The molecule has 10 heteroatoms. The number of aromatic nitrogens is 1. The third kappa shape index (κ3) is 3.61. The minimum absolute atomic E-state index is 0.163. The Bertz CT molecular complexity index is 753. The first-order valence-corrected chi connectivity index (χ1v) is 9.20. The van der Waals surface area contributed by atoms with Gasteiger partial charge in [-0.3, -0.25) is 0 Å². The molecule has 2 aromatic rings. The Labute approximate surface area is 134 Å². The molecule has 0 aliphatic rings. The SMILES string of the molecule is COC(=O)c1ncsc1S(=O)(=O)NC(C)c1ccc(Cl)s1. The summed E-state index contributed by atoms with van der Waals surface area (Å²) in [6, 6.07) is 2.97. The van der Waals surface area contributed by atoms with E-state index < -0.39 is 22.0 Å². The second kappa shape index (κ2) is 6.41. The third-order valence-electron chi connectivity index (χ3n) is 2.51. The van der Waals surface area contributed by atoms with Gasteiger partial charge in [0, 0.05) is 4.88 Å². The molecule has 2 rings (SSSR count). The minimum Gasteiger partial charge on any atom is -0.464 e. The van der Waals surface area contributed by atoms with Crippen molar-refractivity contribution < 1.29 is 17.9 Å². The Kier molecular flexibility index (Phi) is 4.99. The van der Waals surface area contributed by atoms with E-state index in [1.165, 1.54) is 24.0 Å². The van der Waals surface area contributed by atoms with Crippen LogP contribution in [-0.2, 0) is 14.8 Å². The van der Waals surface area contributed by atoms with Gasteiger partial charge in [0.05, 0.1) is 23.0 Å². The van der Waals surface area contributed by atoms with Crippen LogP contribution in [0.3, 0.4) is 0 Å². The number of hydrogen-bond acceptors (Lipinski definition) is 7. The summed E-state index contributed by atoms with van der Waals surface area (Å²) in [4.78, 5) is 16.0. The molecular weight excluding hydrogens is 356 g/mol. The quantitative estimate of drug-likeness (QED) is 0.822. The van der Waals surface area contributed by atoms with Gasteiger partial charge in [0.1, 0.15) is 0 Å². The maximum Gasteiger partial charge on any atom is 0.358 e. The average molecular weight is 367 g/mol. The predicted molar refractivity (Wildman–Crippen MR) is 81.5 cm³/mol. The monoisotopic (exact) mass is 366 g/mol. The smallest absolute Gasteiger partial charge is 0.358 e. The highest BCUT2D eigenvalue weighted by molar-refractivity contribution is 7.91. The number of hydrogen-bond donors (Lipinski definition) is 1. The zero-order valence-corrected chi connectivity index (χ0v) is 14.2. The van der Waals surface area contributed by atoms with Crippen molar-refractivity contribution in [3.8, 4) is 0 Å². The second-order valence-corrected chi connectivity index (χ2v) is 8.48. The third-order valence-corrected chi connectivity index (χ3v) is 6.83. The van der Waals surface area contributed by atoms with Gasteiger partial charge in [-0.05, 0) is 19.1 Å². The fourth-order valence-corrected chi connectivity index (χ4v) is 5.07. The summed E-state index contributed by atoms with van der Waals surface area (Å²) < 4.78 is 32.1. The van der Waals surface area contributed by atoms with Crippen LogP contribution >= 0.6 is 34.3 Å². The summed E-state index contributed by atoms with van der Waals surface area (Å²) in [6.07, 6.45) is 0. The number of methoxy groups -OCH3 is 1. The van der Waals surface area contributed by atoms with E-state index in [0.717, 1.165) is 16.2 Å². The zero-order valence-electron chi connectivity index (χ0n) is 11.0. The molecule has 0 spiro atoms.